The molecule has 0 spiro atoms. The lowest BCUT2D eigenvalue weighted by Gasteiger charge is -2.25. The zero-order chi connectivity index (χ0) is 15.4. The number of hydrogen-bond acceptors (Lipinski definition) is 4. The maximum atomic E-state index is 12.0. The van der Waals surface area contributed by atoms with E-state index in [1.165, 1.54) is 0 Å². The molecular weight excluding hydrogens is 340 g/mol. The van der Waals surface area contributed by atoms with E-state index < -0.39 is 11.9 Å². The summed E-state index contributed by atoms with van der Waals surface area (Å²) in [5, 5.41) is 11.9. The fraction of sp³-hybridized carbons (Fsp3) is 0.429. The first-order valence-electron chi connectivity index (χ1n) is 6.54. The van der Waals surface area contributed by atoms with Crippen molar-refractivity contribution in [1.29, 1.82) is 0 Å². The Bertz CT molecular complexity index is 537. The second-order valence-corrected chi connectivity index (χ2v) is 5.85. The molecule has 1 aromatic carbocycles. The summed E-state index contributed by atoms with van der Waals surface area (Å²) in [4.78, 5) is 24.9. The van der Waals surface area contributed by atoms with Crippen molar-refractivity contribution in [2.24, 2.45) is 5.92 Å². The fourth-order valence-corrected chi connectivity index (χ4v) is 2.69. The van der Waals surface area contributed by atoms with Gasteiger partial charge in [-0.15, -0.1) is 0 Å². The molecule has 7 heteroatoms. The first-order valence-corrected chi connectivity index (χ1v) is 7.33. The summed E-state index contributed by atoms with van der Waals surface area (Å²) in [6.45, 7) is 0.630. The van der Waals surface area contributed by atoms with Crippen molar-refractivity contribution in [1.82, 2.24) is 4.90 Å². The quantitative estimate of drug-likeness (QED) is 0.833. The standard InChI is InChI=1S/C14H17BrN2O4/c1-17(12-8-21-7-9(12)14(19)20)6-13(18)16-11-5-3-2-4-10(11)15/h2-5,9,12H,6-8H2,1H3,(H,16,18)(H,19,20). The average molecular weight is 357 g/mol. The third-order valence-electron chi connectivity index (χ3n) is 3.47. The molecule has 21 heavy (non-hydrogen) atoms. The van der Waals surface area contributed by atoms with E-state index in [4.69, 9.17) is 9.84 Å². The zero-order valence-corrected chi connectivity index (χ0v) is 13.2. The van der Waals surface area contributed by atoms with Gasteiger partial charge in [-0.3, -0.25) is 14.5 Å². The molecule has 0 aliphatic carbocycles. The Labute approximate surface area is 131 Å². The van der Waals surface area contributed by atoms with Crippen molar-refractivity contribution in [3.63, 3.8) is 0 Å². The number of amides is 1. The van der Waals surface area contributed by atoms with Gasteiger partial charge < -0.3 is 15.2 Å². The highest BCUT2D eigenvalue weighted by molar-refractivity contribution is 9.10. The summed E-state index contributed by atoms with van der Waals surface area (Å²) < 4.78 is 6.01. The van der Waals surface area contributed by atoms with E-state index in [1.807, 2.05) is 18.2 Å². The molecule has 1 aliphatic rings. The number of likely N-dealkylation sites (N-methyl/N-ethyl adjacent to an activating group) is 1. The number of anilines is 1. The van der Waals surface area contributed by atoms with Crippen LogP contribution in [-0.4, -0.2) is 54.7 Å². The average Bonchev–Trinajstić information content (AvgIpc) is 2.91. The summed E-state index contributed by atoms with van der Waals surface area (Å²) in [6.07, 6.45) is 0. The lowest BCUT2D eigenvalue weighted by atomic mass is 10.0. The molecule has 2 N–H and O–H groups in total. The van der Waals surface area contributed by atoms with Crippen LogP contribution in [0.15, 0.2) is 28.7 Å². The van der Waals surface area contributed by atoms with Crippen molar-refractivity contribution in [3.05, 3.63) is 28.7 Å². The molecule has 0 bridgehead atoms. The molecule has 2 unspecified atom stereocenters. The van der Waals surface area contributed by atoms with Crippen LogP contribution in [0.25, 0.3) is 0 Å². The smallest absolute Gasteiger partial charge is 0.310 e. The van der Waals surface area contributed by atoms with Gasteiger partial charge in [0.2, 0.25) is 5.91 Å². The molecule has 2 atom stereocenters. The Morgan fingerprint density at radius 2 is 2.14 bits per heavy atom. The highest BCUT2D eigenvalue weighted by Gasteiger charge is 2.37. The predicted octanol–water partition coefficient (Wildman–Crippen LogP) is 1.42. The van der Waals surface area contributed by atoms with Crippen molar-refractivity contribution < 1.29 is 19.4 Å². The first kappa shape index (κ1) is 15.9. The van der Waals surface area contributed by atoms with Gasteiger partial charge in [-0.05, 0) is 35.1 Å². The van der Waals surface area contributed by atoms with Crippen molar-refractivity contribution >= 4 is 33.5 Å². The number of nitrogens with zero attached hydrogens (tertiary/aromatic N) is 1. The van der Waals surface area contributed by atoms with Gasteiger partial charge in [-0.1, -0.05) is 12.1 Å². The molecule has 1 fully saturated rings. The van der Waals surface area contributed by atoms with Crippen LogP contribution < -0.4 is 5.32 Å². The molecule has 1 amide bonds. The number of carbonyl (C=O) groups excluding carboxylic acids is 1. The maximum Gasteiger partial charge on any atom is 0.310 e. The number of carboxylic acids is 1. The molecule has 0 aromatic heterocycles. The summed E-state index contributed by atoms with van der Waals surface area (Å²) in [7, 11) is 1.73. The fourth-order valence-electron chi connectivity index (χ4n) is 2.31. The monoisotopic (exact) mass is 356 g/mol. The SMILES string of the molecule is CN(CC(=O)Nc1ccccc1Br)C1COCC1C(=O)O. The largest absolute Gasteiger partial charge is 0.481 e. The molecule has 0 saturated carbocycles. The van der Waals surface area contributed by atoms with E-state index in [-0.39, 0.29) is 25.1 Å². The Morgan fingerprint density at radius 1 is 1.43 bits per heavy atom. The number of carboxylic acid groups (broad SMARTS) is 1. The van der Waals surface area contributed by atoms with Crippen molar-refractivity contribution in [2.75, 3.05) is 32.1 Å². The number of rotatable bonds is 5. The number of aliphatic carboxylic acids is 1. The van der Waals surface area contributed by atoms with Crippen LogP contribution in [-0.2, 0) is 14.3 Å². The number of halogens is 1. The van der Waals surface area contributed by atoms with Crippen molar-refractivity contribution in [2.45, 2.75) is 6.04 Å². The minimum absolute atomic E-state index is 0.110. The van der Waals surface area contributed by atoms with Gasteiger partial charge in [-0.25, -0.2) is 0 Å². The Morgan fingerprint density at radius 3 is 2.81 bits per heavy atom. The molecule has 114 valence electrons. The normalized spacial score (nSPS) is 21.5. The van der Waals surface area contributed by atoms with Gasteiger partial charge in [0.1, 0.15) is 0 Å². The molecule has 0 radical (unpaired) electrons. The van der Waals surface area contributed by atoms with Gasteiger partial charge in [0.25, 0.3) is 0 Å². The third kappa shape index (κ3) is 4.03. The molecule has 1 aromatic rings. The number of nitrogens with one attached hydrogen (secondary N) is 1. The van der Waals surface area contributed by atoms with E-state index in [9.17, 15) is 9.59 Å². The number of carbonyl (C=O) groups is 2. The molecule has 1 saturated heterocycles. The Hall–Kier alpha value is -1.44. The Kier molecular flexibility index (Phi) is 5.33. The molecular formula is C14H17BrN2O4. The summed E-state index contributed by atoms with van der Waals surface area (Å²) in [5.74, 6) is -1.68. The van der Waals surface area contributed by atoms with Gasteiger partial charge in [0, 0.05) is 10.5 Å². The highest BCUT2D eigenvalue weighted by Crippen LogP contribution is 2.22. The van der Waals surface area contributed by atoms with Crippen LogP contribution in [0.5, 0.6) is 0 Å². The topological polar surface area (TPSA) is 78.9 Å². The minimum atomic E-state index is -0.893. The van der Waals surface area contributed by atoms with E-state index in [2.05, 4.69) is 21.2 Å². The van der Waals surface area contributed by atoms with E-state index in [0.717, 1.165) is 4.47 Å². The van der Waals surface area contributed by atoms with Gasteiger partial charge in [0.15, 0.2) is 0 Å². The highest BCUT2D eigenvalue weighted by atomic mass is 79.9. The minimum Gasteiger partial charge on any atom is -0.481 e. The molecule has 1 aliphatic heterocycles. The lowest BCUT2D eigenvalue weighted by molar-refractivity contribution is -0.143. The van der Waals surface area contributed by atoms with E-state index in [1.54, 1.807) is 18.0 Å². The van der Waals surface area contributed by atoms with Crippen LogP contribution in [0.1, 0.15) is 0 Å². The van der Waals surface area contributed by atoms with E-state index in [0.29, 0.717) is 12.3 Å². The maximum absolute atomic E-state index is 12.0. The molecule has 2 rings (SSSR count). The van der Waals surface area contributed by atoms with Crippen LogP contribution in [0, 0.1) is 5.92 Å². The number of ether oxygens (including phenoxy) is 1. The van der Waals surface area contributed by atoms with Crippen molar-refractivity contribution in [3.8, 4) is 0 Å². The Balaban J connectivity index is 1.93. The summed E-state index contributed by atoms with van der Waals surface area (Å²) >= 11 is 3.36. The van der Waals surface area contributed by atoms with Gasteiger partial charge >= 0.3 is 5.97 Å². The van der Waals surface area contributed by atoms with Crippen LogP contribution in [0.4, 0.5) is 5.69 Å². The van der Waals surface area contributed by atoms with Crippen LogP contribution in [0.2, 0.25) is 0 Å². The molecule has 6 nitrogen and oxygen atoms in total. The third-order valence-corrected chi connectivity index (χ3v) is 4.17. The van der Waals surface area contributed by atoms with Gasteiger partial charge in [0.05, 0.1) is 31.4 Å². The number of para-hydroxylation sites is 1. The summed E-state index contributed by atoms with van der Waals surface area (Å²) in [5.41, 5.74) is 0.688. The van der Waals surface area contributed by atoms with E-state index >= 15 is 0 Å². The second-order valence-electron chi connectivity index (χ2n) is 4.99. The van der Waals surface area contributed by atoms with Crippen LogP contribution >= 0.6 is 15.9 Å². The van der Waals surface area contributed by atoms with Gasteiger partial charge in [-0.2, -0.15) is 0 Å². The summed E-state index contributed by atoms with van der Waals surface area (Å²) in [6, 6.07) is 7.03. The zero-order valence-electron chi connectivity index (χ0n) is 11.6. The van der Waals surface area contributed by atoms with Crippen LogP contribution in [0.3, 0.4) is 0 Å². The lowest BCUT2D eigenvalue weighted by Crippen LogP contribution is -2.44. The first-order chi connectivity index (χ1) is 9.99. The number of hydrogen-bond donors (Lipinski definition) is 2. The number of benzene rings is 1. The second kappa shape index (κ2) is 7.02. The molecule has 1 heterocycles. The predicted molar refractivity (Wildman–Crippen MR) is 81.1 cm³/mol.